The van der Waals surface area contributed by atoms with E-state index in [-0.39, 0.29) is 0 Å². The van der Waals surface area contributed by atoms with Crippen LogP contribution in [0.2, 0.25) is 0 Å². The minimum Gasteiger partial charge on any atom is -0.493 e. The van der Waals surface area contributed by atoms with E-state index in [1.807, 2.05) is 54.7 Å². The summed E-state index contributed by atoms with van der Waals surface area (Å²) < 4.78 is 20.2. The molecule has 9 nitrogen and oxygen atoms in total. The van der Waals surface area contributed by atoms with Crippen LogP contribution in [0.5, 0.6) is 11.5 Å². The fraction of sp³-hybridized carbons (Fsp3) is 0.350. The van der Waals surface area contributed by atoms with Gasteiger partial charge in [0, 0.05) is 26.2 Å². The van der Waals surface area contributed by atoms with Crippen LogP contribution in [-0.2, 0) is 11.2 Å². The van der Waals surface area contributed by atoms with Crippen LogP contribution in [0, 0.1) is 0 Å². The van der Waals surface area contributed by atoms with Crippen molar-refractivity contribution < 1.29 is 28.7 Å². The van der Waals surface area contributed by atoms with Gasteiger partial charge in [0.1, 0.15) is 6.61 Å². The number of nitrogens with zero attached hydrogens (tertiary/aromatic N) is 3. The average Bonchev–Trinajstić information content (AvgIpc) is 2.71. The van der Waals surface area contributed by atoms with Gasteiger partial charge in [-0.05, 0) is 36.4 Å². The van der Waals surface area contributed by atoms with Gasteiger partial charge in [0.2, 0.25) is 0 Å². The molecule has 2 aromatic carbocycles. The Labute approximate surface area is 176 Å². The van der Waals surface area contributed by atoms with Gasteiger partial charge in [-0.2, -0.15) is 5.10 Å². The van der Waals surface area contributed by atoms with E-state index >= 15 is 0 Å². The van der Waals surface area contributed by atoms with Crippen LogP contribution in [0.4, 0.5) is 0 Å². The molecule has 1 aliphatic rings. The highest BCUT2D eigenvalue weighted by atomic mass is 31.2. The molecule has 1 fully saturated rings. The molecule has 0 aliphatic carbocycles. The molecule has 0 amide bonds. The van der Waals surface area contributed by atoms with Crippen molar-refractivity contribution in [3.8, 4) is 11.5 Å². The fourth-order valence-corrected chi connectivity index (χ4v) is 2.68. The number of benzene rings is 2. The van der Waals surface area contributed by atoms with Crippen LogP contribution in [0.3, 0.4) is 0 Å². The normalized spacial score (nSPS) is 14.9. The molecule has 30 heavy (non-hydrogen) atoms. The maximum absolute atomic E-state index is 8.88. The SMILES string of the molecule is COc1ccc(C=NN2CCN(C)CC2)cc1OCc1ccccc1.O=P(O)(O)O. The van der Waals surface area contributed by atoms with E-state index in [1.54, 1.807) is 7.11 Å². The first-order valence-corrected chi connectivity index (χ1v) is 10.9. The lowest BCUT2D eigenvalue weighted by atomic mass is 10.2. The molecule has 0 bridgehead atoms. The second kappa shape index (κ2) is 11.7. The molecule has 3 rings (SSSR count). The quantitative estimate of drug-likeness (QED) is 0.464. The molecule has 10 heteroatoms. The van der Waals surface area contributed by atoms with Gasteiger partial charge < -0.3 is 29.1 Å². The van der Waals surface area contributed by atoms with Crippen molar-refractivity contribution in [1.29, 1.82) is 0 Å². The van der Waals surface area contributed by atoms with Gasteiger partial charge in [-0.1, -0.05) is 30.3 Å². The molecule has 1 aliphatic heterocycles. The molecule has 2 aromatic rings. The van der Waals surface area contributed by atoms with Crippen molar-refractivity contribution in [2.45, 2.75) is 6.61 Å². The number of hydrazone groups is 1. The van der Waals surface area contributed by atoms with Gasteiger partial charge in [0.25, 0.3) is 0 Å². The van der Waals surface area contributed by atoms with Gasteiger partial charge in [-0.25, -0.2) is 4.57 Å². The van der Waals surface area contributed by atoms with E-state index in [4.69, 9.17) is 28.7 Å². The number of methoxy groups -OCH3 is 1. The number of ether oxygens (including phenoxy) is 2. The molecule has 0 saturated carbocycles. The Bertz CT molecular complexity index is 843. The molecule has 164 valence electrons. The van der Waals surface area contributed by atoms with Crippen LogP contribution < -0.4 is 9.47 Å². The van der Waals surface area contributed by atoms with Gasteiger partial charge >= 0.3 is 7.82 Å². The van der Waals surface area contributed by atoms with Crippen LogP contribution in [0.15, 0.2) is 53.6 Å². The predicted molar refractivity (Wildman–Crippen MR) is 115 cm³/mol. The molecular weight excluding hydrogens is 409 g/mol. The summed E-state index contributed by atoms with van der Waals surface area (Å²) in [6.07, 6.45) is 1.89. The highest BCUT2D eigenvalue weighted by Crippen LogP contribution is 2.28. The maximum Gasteiger partial charge on any atom is 0.466 e. The highest BCUT2D eigenvalue weighted by Gasteiger charge is 2.11. The number of piperazine rings is 1. The summed E-state index contributed by atoms with van der Waals surface area (Å²) in [7, 11) is -0.844. The Hall–Kier alpha value is -2.42. The van der Waals surface area contributed by atoms with Crippen molar-refractivity contribution in [3.63, 3.8) is 0 Å². The van der Waals surface area contributed by atoms with Gasteiger partial charge in [0.05, 0.1) is 13.3 Å². The largest absolute Gasteiger partial charge is 0.493 e. The van der Waals surface area contributed by atoms with Crippen LogP contribution in [0.25, 0.3) is 0 Å². The lowest BCUT2D eigenvalue weighted by Gasteiger charge is -2.30. The molecule has 0 unspecified atom stereocenters. The minimum atomic E-state index is -4.64. The molecule has 1 saturated heterocycles. The lowest BCUT2D eigenvalue weighted by Crippen LogP contribution is -2.41. The van der Waals surface area contributed by atoms with Crippen LogP contribution in [-0.4, -0.2) is 71.1 Å². The Morgan fingerprint density at radius 1 is 1.03 bits per heavy atom. The lowest BCUT2D eigenvalue weighted by molar-refractivity contribution is 0.159. The zero-order valence-corrected chi connectivity index (χ0v) is 18.0. The second-order valence-corrected chi connectivity index (χ2v) is 7.73. The molecule has 3 N–H and O–H groups in total. The Morgan fingerprint density at radius 3 is 2.27 bits per heavy atom. The standard InChI is InChI=1S/C20H25N3O2.H3O4P/c1-22-10-12-23(13-11-22)21-15-18-8-9-19(24-2)20(14-18)25-16-17-6-4-3-5-7-17;1-5(2,3)4/h3-9,14-15H,10-13,16H2,1-2H3;(H3,1,2,3,4). The third kappa shape index (κ3) is 9.39. The zero-order valence-electron chi connectivity index (χ0n) is 17.1. The molecule has 0 atom stereocenters. The first-order chi connectivity index (χ1) is 14.2. The zero-order chi connectivity index (χ0) is 22.0. The molecule has 1 heterocycles. The van der Waals surface area contributed by atoms with E-state index in [1.165, 1.54) is 0 Å². The fourth-order valence-electron chi connectivity index (χ4n) is 2.68. The number of phosphoric acid groups is 1. The van der Waals surface area contributed by atoms with Crippen molar-refractivity contribution in [3.05, 3.63) is 59.7 Å². The van der Waals surface area contributed by atoms with Gasteiger partial charge in [-0.3, -0.25) is 5.01 Å². The van der Waals surface area contributed by atoms with E-state index < -0.39 is 7.82 Å². The Kier molecular flexibility index (Phi) is 9.29. The summed E-state index contributed by atoms with van der Waals surface area (Å²) in [6.45, 7) is 4.52. The third-order valence-electron chi connectivity index (χ3n) is 4.27. The summed E-state index contributed by atoms with van der Waals surface area (Å²) in [5.74, 6) is 1.46. The van der Waals surface area contributed by atoms with Crippen molar-refractivity contribution >= 4 is 14.0 Å². The summed E-state index contributed by atoms with van der Waals surface area (Å²) >= 11 is 0. The van der Waals surface area contributed by atoms with Crippen molar-refractivity contribution in [2.75, 3.05) is 40.3 Å². The number of likely N-dealkylation sites (N-methyl/N-ethyl adjacent to an activating group) is 1. The van der Waals surface area contributed by atoms with E-state index in [0.717, 1.165) is 48.8 Å². The molecular formula is C20H28N3O6P. The van der Waals surface area contributed by atoms with Gasteiger partial charge in [0.15, 0.2) is 11.5 Å². The molecule has 0 spiro atoms. The summed E-state index contributed by atoms with van der Waals surface area (Å²) in [4.78, 5) is 23.9. The number of hydrogen-bond acceptors (Lipinski definition) is 6. The van der Waals surface area contributed by atoms with Gasteiger partial charge in [-0.15, -0.1) is 0 Å². The van der Waals surface area contributed by atoms with Crippen molar-refractivity contribution in [2.24, 2.45) is 5.10 Å². The minimum absolute atomic E-state index is 0.510. The first-order valence-electron chi connectivity index (χ1n) is 9.35. The average molecular weight is 437 g/mol. The molecule has 0 radical (unpaired) electrons. The Balaban J connectivity index is 0.000000575. The summed E-state index contributed by atoms with van der Waals surface area (Å²) in [6, 6.07) is 16.0. The monoisotopic (exact) mass is 437 g/mol. The predicted octanol–water partition coefficient (Wildman–Crippen LogP) is 1.93. The second-order valence-electron chi connectivity index (χ2n) is 6.70. The smallest absolute Gasteiger partial charge is 0.466 e. The number of hydrogen-bond donors (Lipinski definition) is 3. The van der Waals surface area contributed by atoms with E-state index in [0.29, 0.717) is 6.61 Å². The summed E-state index contributed by atoms with van der Waals surface area (Å²) in [5.41, 5.74) is 2.13. The topological polar surface area (TPSA) is 115 Å². The van der Waals surface area contributed by atoms with Crippen molar-refractivity contribution in [1.82, 2.24) is 9.91 Å². The highest BCUT2D eigenvalue weighted by molar-refractivity contribution is 7.45. The molecule has 0 aromatic heterocycles. The van der Waals surface area contributed by atoms with Crippen LogP contribution in [0.1, 0.15) is 11.1 Å². The van der Waals surface area contributed by atoms with Crippen LogP contribution >= 0.6 is 7.82 Å². The Morgan fingerprint density at radius 2 is 1.67 bits per heavy atom. The summed E-state index contributed by atoms with van der Waals surface area (Å²) in [5, 5.41) is 6.69. The maximum atomic E-state index is 8.88. The van der Waals surface area contributed by atoms with E-state index in [9.17, 15) is 0 Å². The first kappa shape index (κ1) is 23.9. The number of rotatable bonds is 6. The third-order valence-corrected chi connectivity index (χ3v) is 4.27. The van der Waals surface area contributed by atoms with E-state index in [2.05, 4.69) is 22.1 Å².